The standard InChI is InChI=1S/C11H11N3O4S/c15-11(16)7-1-3-12-10-8(7)13-9(14-10)6-2-4-19(17,18)5-6/h1,3,6H,2,4-5H2,(H,15,16)(H,12,13,14). The molecule has 3 heterocycles. The number of carboxylic acid groups (broad SMARTS) is 1. The van der Waals surface area contributed by atoms with Gasteiger partial charge >= 0.3 is 5.97 Å². The fraction of sp³-hybridized carbons (Fsp3) is 0.364. The lowest BCUT2D eigenvalue weighted by atomic mass is 10.1. The molecular formula is C11H11N3O4S. The first-order valence-electron chi connectivity index (χ1n) is 5.74. The van der Waals surface area contributed by atoms with Crippen molar-refractivity contribution in [1.82, 2.24) is 15.0 Å². The van der Waals surface area contributed by atoms with E-state index in [1.807, 2.05) is 0 Å². The van der Waals surface area contributed by atoms with Crippen molar-refractivity contribution in [3.8, 4) is 0 Å². The third kappa shape index (κ3) is 2.07. The van der Waals surface area contributed by atoms with E-state index in [-0.39, 0.29) is 23.0 Å². The van der Waals surface area contributed by atoms with Gasteiger partial charge in [0.25, 0.3) is 0 Å². The lowest BCUT2D eigenvalue weighted by molar-refractivity contribution is 0.0698. The van der Waals surface area contributed by atoms with E-state index < -0.39 is 15.8 Å². The normalized spacial score (nSPS) is 21.8. The summed E-state index contributed by atoms with van der Waals surface area (Å²) in [5.41, 5.74) is 0.734. The zero-order valence-corrected chi connectivity index (χ0v) is 10.6. The van der Waals surface area contributed by atoms with Gasteiger partial charge in [-0.3, -0.25) is 0 Å². The molecule has 8 heteroatoms. The second-order valence-electron chi connectivity index (χ2n) is 4.58. The summed E-state index contributed by atoms with van der Waals surface area (Å²) in [5.74, 6) is -0.580. The summed E-state index contributed by atoms with van der Waals surface area (Å²) in [7, 11) is -3.00. The molecule has 19 heavy (non-hydrogen) atoms. The van der Waals surface area contributed by atoms with Crippen LogP contribution in [0.25, 0.3) is 11.2 Å². The Morgan fingerprint density at radius 2 is 2.26 bits per heavy atom. The number of carbonyl (C=O) groups is 1. The molecule has 2 aromatic heterocycles. The van der Waals surface area contributed by atoms with Crippen molar-refractivity contribution in [2.75, 3.05) is 11.5 Å². The quantitative estimate of drug-likeness (QED) is 0.831. The number of nitrogens with zero attached hydrogens (tertiary/aromatic N) is 2. The van der Waals surface area contributed by atoms with Gasteiger partial charge in [0.1, 0.15) is 5.82 Å². The number of aromatic carboxylic acids is 1. The highest BCUT2D eigenvalue weighted by Gasteiger charge is 2.31. The van der Waals surface area contributed by atoms with Crippen LogP contribution in [0.15, 0.2) is 12.3 Å². The lowest BCUT2D eigenvalue weighted by Gasteiger charge is -2.01. The van der Waals surface area contributed by atoms with Crippen molar-refractivity contribution in [2.24, 2.45) is 0 Å². The van der Waals surface area contributed by atoms with Crippen molar-refractivity contribution in [2.45, 2.75) is 12.3 Å². The van der Waals surface area contributed by atoms with Crippen LogP contribution >= 0.6 is 0 Å². The number of pyridine rings is 1. The fourth-order valence-corrected chi connectivity index (χ4v) is 4.06. The largest absolute Gasteiger partial charge is 0.478 e. The lowest BCUT2D eigenvalue weighted by Crippen LogP contribution is -2.05. The van der Waals surface area contributed by atoms with E-state index in [0.29, 0.717) is 23.4 Å². The zero-order chi connectivity index (χ0) is 13.6. The molecule has 1 unspecified atom stereocenters. The van der Waals surface area contributed by atoms with Crippen LogP contribution < -0.4 is 0 Å². The molecule has 0 amide bonds. The van der Waals surface area contributed by atoms with E-state index in [1.54, 1.807) is 0 Å². The first-order chi connectivity index (χ1) is 8.96. The molecule has 0 radical (unpaired) electrons. The van der Waals surface area contributed by atoms with Gasteiger partial charge in [0.2, 0.25) is 0 Å². The zero-order valence-electron chi connectivity index (χ0n) is 9.83. The van der Waals surface area contributed by atoms with E-state index in [2.05, 4.69) is 15.0 Å². The number of aromatic amines is 1. The monoisotopic (exact) mass is 281 g/mol. The van der Waals surface area contributed by atoms with E-state index in [0.717, 1.165) is 0 Å². The molecule has 1 aliphatic heterocycles. The minimum atomic E-state index is -3.00. The summed E-state index contributed by atoms with van der Waals surface area (Å²) < 4.78 is 22.9. The van der Waals surface area contributed by atoms with Crippen molar-refractivity contribution in [3.63, 3.8) is 0 Å². The molecule has 2 aromatic rings. The van der Waals surface area contributed by atoms with Crippen LogP contribution in [0, 0.1) is 0 Å². The van der Waals surface area contributed by atoms with Crippen molar-refractivity contribution >= 4 is 27.0 Å². The van der Waals surface area contributed by atoms with Crippen molar-refractivity contribution in [3.05, 3.63) is 23.7 Å². The summed E-state index contributed by atoms with van der Waals surface area (Å²) in [5, 5.41) is 9.07. The predicted octanol–water partition coefficient (Wildman–Crippen LogP) is 0.558. The molecule has 0 bridgehead atoms. The molecule has 1 aliphatic rings. The third-order valence-corrected chi connectivity index (χ3v) is 5.03. The minimum Gasteiger partial charge on any atom is -0.478 e. The molecular weight excluding hydrogens is 270 g/mol. The second kappa shape index (κ2) is 4.02. The molecule has 0 aliphatic carbocycles. The summed E-state index contributed by atoms with van der Waals surface area (Å²) in [6, 6.07) is 1.39. The smallest absolute Gasteiger partial charge is 0.338 e. The molecule has 3 rings (SSSR count). The molecule has 7 nitrogen and oxygen atoms in total. The number of aromatic nitrogens is 3. The maximum absolute atomic E-state index is 11.5. The molecule has 2 N–H and O–H groups in total. The first kappa shape index (κ1) is 12.1. The molecule has 0 aromatic carbocycles. The number of nitrogens with one attached hydrogen (secondary N) is 1. The van der Waals surface area contributed by atoms with Gasteiger partial charge in [-0.1, -0.05) is 0 Å². The molecule has 1 atom stereocenters. The highest BCUT2D eigenvalue weighted by molar-refractivity contribution is 7.91. The number of fused-ring (bicyclic) bond motifs is 1. The Labute approximate surface area is 108 Å². The fourth-order valence-electron chi connectivity index (χ4n) is 2.31. The second-order valence-corrected chi connectivity index (χ2v) is 6.81. The van der Waals surface area contributed by atoms with Crippen LogP contribution in [-0.4, -0.2) is 46.0 Å². The molecule has 0 spiro atoms. The Morgan fingerprint density at radius 1 is 1.47 bits per heavy atom. The van der Waals surface area contributed by atoms with E-state index in [1.165, 1.54) is 12.3 Å². The minimum absolute atomic E-state index is 0.0508. The van der Waals surface area contributed by atoms with E-state index in [9.17, 15) is 13.2 Å². The Hall–Kier alpha value is -1.96. The maximum Gasteiger partial charge on any atom is 0.338 e. The van der Waals surface area contributed by atoms with Gasteiger partial charge in [-0.25, -0.2) is 23.2 Å². The van der Waals surface area contributed by atoms with Crippen LogP contribution in [0.3, 0.4) is 0 Å². The highest BCUT2D eigenvalue weighted by atomic mass is 32.2. The van der Waals surface area contributed by atoms with Crippen LogP contribution in [0.1, 0.15) is 28.5 Å². The van der Waals surface area contributed by atoms with E-state index in [4.69, 9.17) is 5.11 Å². The van der Waals surface area contributed by atoms with Gasteiger partial charge in [-0.2, -0.15) is 0 Å². The van der Waals surface area contributed by atoms with Gasteiger partial charge in [-0.15, -0.1) is 0 Å². The Bertz CT molecular complexity index is 765. The number of H-pyrrole nitrogens is 1. The van der Waals surface area contributed by atoms with Gasteiger partial charge < -0.3 is 10.1 Å². The van der Waals surface area contributed by atoms with Crippen molar-refractivity contribution in [1.29, 1.82) is 0 Å². The summed E-state index contributed by atoms with van der Waals surface area (Å²) in [6.07, 6.45) is 1.88. The SMILES string of the molecule is O=C(O)c1ccnc2nc(C3CCS(=O)(=O)C3)[nH]c12. The number of carboxylic acids is 1. The average Bonchev–Trinajstić information content (AvgIpc) is 2.90. The highest BCUT2D eigenvalue weighted by Crippen LogP contribution is 2.28. The van der Waals surface area contributed by atoms with Crippen LogP contribution in [0.5, 0.6) is 0 Å². The Morgan fingerprint density at radius 3 is 2.89 bits per heavy atom. The molecule has 100 valence electrons. The van der Waals surface area contributed by atoms with Gasteiger partial charge in [0.15, 0.2) is 15.5 Å². The summed E-state index contributed by atoms with van der Waals surface area (Å²) in [4.78, 5) is 22.2. The Kier molecular flexibility index (Phi) is 2.56. The third-order valence-electron chi connectivity index (χ3n) is 3.26. The Balaban J connectivity index is 2.08. The molecule has 1 fully saturated rings. The number of sulfone groups is 1. The summed E-state index contributed by atoms with van der Waals surface area (Å²) >= 11 is 0. The summed E-state index contributed by atoms with van der Waals surface area (Å²) in [6.45, 7) is 0. The molecule has 1 saturated heterocycles. The van der Waals surface area contributed by atoms with Crippen LogP contribution in [0.4, 0.5) is 0 Å². The van der Waals surface area contributed by atoms with Gasteiger partial charge in [-0.05, 0) is 12.5 Å². The van der Waals surface area contributed by atoms with Crippen LogP contribution in [-0.2, 0) is 9.84 Å². The number of hydrogen-bond acceptors (Lipinski definition) is 5. The van der Waals surface area contributed by atoms with E-state index >= 15 is 0 Å². The van der Waals surface area contributed by atoms with Crippen LogP contribution in [0.2, 0.25) is 0 Å². The molecule has 0 saturated carbocycles. The first-order valence-corrected chi connectivity index (χ1v) is 7.57. The van der Waals surface area contributed by atoms with Gasteiger partial charge in [0, 0.05) is 12.1 Å². The average molecular weight is 281 g/mol. The van der Waals surface area contributed by atoms with Gasteiger partial charge in [0.05, 0.1) is 22.6 Å². The maximum atomic E-state index is 11.5. The number of imidazole rings is 1. The number of rotatable bonds is 2. The predicted molar refractivity (Wildman–Crippen MR) is 66.9 cm³/mol. The number of hydrogen-bond donors (Lipinski definition) is 2. The topological polar surface area (TPSA) is 113 Å². The van der Waals surface area contributed by atoms with Crippen molar-refractivity contribution < 1.29 is 18.3 Å².